The molecule has 0 bridgehead atoms. The van der Waals surface area contributed by atoms with Crippen molar-refractivity contribution in [3.05, 3.63) is 88.9 Å². The van der Waals surface area contributed by atoms with Gasteiger partial charge in [-0.25, -0.2) is 8.42 Å². The molecule has 3 aromatic rings. The predicted molar refractivity (Wildman–Crippen MR) is 115 cm³/mol. The predicted octanol–water partition coefficient (Wildman–Crippen LogP) is 2.97. The van der Waals surface area contributed by atoms with Crippen molar-refractivity contribution in [2.75, 3.05) is 6.26 Å². The average molecular weight is 452 g/mol. The number of hydrogen-bond donors (Lipinski definition) is 1. The third-order valence-corrected chi connectivity index (χ3v) is 6.41. The van der Waals surface area contributed by atoms with Gasteiger partial charge in [0.1, 0.15) is 5.76 Å². The molecule has 1 aromatic heterocycles. The van der Waals surface area contributed by atoms with Crippen molar-refractivity contribution in [2.45, 2.75) is 24.4 Å². The molecule has 0 saturated carbocycles. The van der Waals surface area contributed by atoms with Gasteiger partial charge in [-0.3, -0.25) is 19.3 Å². The smallest absolute Gasteiger partial charge is 0.261 e. The zero-order valence-electron chi connectivity index (χ0n) is 17.4. The van der Waals surface area contributed by atoms with E-state index < -0.39 is 33.6 Å². The summed E-state index contributed by atoms with van der Waals surface area (Å²) in [5.41, 5.74) is 1.37. The van der Waals surface area contributed by atoms with Crippen LogP contribution in [0.15, 0.2) is 70.2 Å². The lowest BCUT2D eigenvalue weighted by atomic mass is 10.0. The Morgan fingerprint density at radius 1 is 1.03 bits per heavy atom. The third kappa shape index (κ3) is 4.06. The fourth-order valence-corrected chi connectivity index (χ4v) is 4.13. The average Bonchev–Trinajstić information content (AvgIpc) is 3.36. The number of hydrogen-bond acceptors (Lipinski definition) is 6. The van der Waals surface area contributed by atoms with Crippen molar-refractivity contribution < 1.29 is 27.2 Å². The summed E-state index contributed by atoms with van der Waals surface area (Å²) in [4.78, 5) is 39.4. The molecule has 0 saturated heterocycles. The molecule has 164 valence electrons. The molecule has 0 aliphatic carbocycles. The Morgan fingerprint density at radius 3 is 2.34 bits per heavy atom. The highest BCUT2D eigenvalue weighted by Gasteiger charge is 2.36. The Balaban J connectivity index is 1.50. The van der Waals surface area contributed by atoms with E-state index in [0.29, 0.717) is 5.76 Å². The van der Waals surface area contributed by atoms with E-state index in [1.807, 2.05) is 0 Å². The number of carbonyl (C=O) groups excluding carboxylic acids is 3. The molecule has 2 heterocycles. The number of amides is 3. The van der Waals surface area contributed by atoms with Gasteiger partial charge in [-0.05, 0) is 55.0 Å². The number of sulfone groups is 1. The number of rotatable bonds is 6. The van der Waals surface area contributed by atoms with E-state index in [-0.39, 0.29) is 28.1 Å². The van der Waals surface area contributed by atoms with Crippen LogP contribution in [-0.2, 0) is 16.4 Å². The molecule has 8 nitrogen and oxygen atoms in total. The first-order chi connectivity index (χ1) is 15.1. The van der Waals surface area contributed by atoms with Crippen molar-refractivity contribution in [2.24, 2.45) is 0 Å². The molecule has 1 aliphatic heterocycles. The van der Waals surface area contributed by atoms with Crippen LogP contribution >= 0.6 is 0 Å². The lowest BCUT2D eigenvalue weighted by Crippen LogP contribution is -2.29. The first kappa shape index (κ1) is 21.5. The first-order valence-electron chi connectivity index (χ1n) is 9.78. The van der Waals surface area contributed by atoms with Gasteiger partial charge >= 0.3 is 0 Å². The van der Waals surface area contributed by atoms with Gasteiger partial charge in [0.2, 0.25) is 0 Å². The molecule has 1 unspecified atom stereocenters. The van der Waals surface area contributed by atoms with E-state index in [9.17, 15) is 22.8 Å². The number of nitrogens with zero attached hydrogens (tertiary/aromatic N) is 1. The molecule has 4 rings (SSSR count). The quantitative estimate of drug-likeness (QED) is 0.575. The third-order valence-electron chi connectivity index (χ3n) is 5.28. The van der Waals surface area contributed by atoms with Crippen LogP contribution in [0.3, 0.4) is 0 Å². The summed E-state index contributed by atoms with van der Waals surface area (Å²) in [5.74, 6) is -0.862. The number of nitrogens with one attached hydrogen (secondary N) is 1. The Morgan fingerprint density at radius 2 is 1.72 bits per heavy atom. The standard InChI is InChI=1S/C23H20N2O6S/c1-14(15-5-8-18(9-6-15)32(2,29)30)24-21(26)16-7-10-19-20(12-16)23(28)25(22(19)27)13-17-4-3-11-31-17/h3-12,14H,13H2,1-2H3,(H,24,26). The molecule has 2 aromatic carbocycles. The summed E-state index contributed by atoms with van der Waals surface area (Å²) >= 11 is 0. The number of benzene rings is 2. The molecule has 1 N–H and O–H groups in total. The molecule has 1 atom stereocenters. The van der Waals surface area contributed by atoms with Crippen molar-refractivity contribution in [3.63, 3.8) is 0 Å². The maximum Gasteiger partial charge on any atom is 0.261 e. The van der Waals surface area contributed by atoms with Crippen LogP contribution < -0.4 is 5.32 Å². The van der Waals surface area contributed by atoms with Crippen LogP contribution in [0.2, 0.25) is 0 Å². The monoisotopic (exact) mass is 452 g/mol. The van der Waals surface area contributed by atoms with Gasteiger partial charge in [0.25, 0.3) is 17.7 Å². The van der Waals surface area contributed by atoms with Crippen LogP contribution in [0.25, 0.3) is 0 Å². The topological polar surface area (TPSA) is 114 Å². The number of furan rings is 1. The minimum atomic E-state index is -3.30. The Labute approximate surface area is 184 Å². The summed E-state index contributed by atoms with van der Waals surface area (Å²) < 4.78 is 28.4. The Bertz CT molecular complexity index is 1310. The van der Waals surface area contributed by atoms with E-state index in [2.05, 4.69) is 5.32 Å². The molecule has 0 fully saturated rings. The minimum absolute atomic E-state index is 0.0153. The maximum absolute atomic E-state index is 12.7. The van der Waals surface area contributed by atoms with Gasteiger partial charge in [-0.2, -0.15) is 0 Å². The van der Waals surface area contributed by atoms with Crippen molar-refractivity contribution in [1.29, 1.82) is 0 Å². The lowest BCUT2D eigenvalue weighted by Gasteiger charge is -2.15. The molecule has 1 aliphatic rings. The van der Waals surface area contributed by atoms with Crippen molar-refractivity contribution >= 4 is 27.6 Å². The number of imide groups is 1. The van der Waals surface area contributed by atoms with Crippen molar-refractivity contribution in [3.8, 4) is 0 Å². The van der Waals surface area contributed by atoms with Gasteiger partial charge in [0.15, 0.2) is 9.84 Å². The normalized spacial score (nSPS) is 14.4. The summed E-state index contributed by atoms with van der Waals surface area (Å²) in [6.45, 7) is 1.78. The van der Waals surface area contributed by atoms with Crippen LogP contribution in [0, 0.1) is 0 Å². The summed E-state index contributed by atoms with van der Waals surface area (Å²) in [7, 11) is -3.30. The summed E-state index contributed by atoms with van der Waals surface area (Å²) in [6.07, 6.45) is 2.59. The highest BCUT2D eigenvalue weighted by molar-refractivity contribution is 7.90. The first-order valence-corrected chi connectivity index (χ1v) is 11.7. The zero-order chi connectivity index (χ0) is 23.0. The van der Waals surface area contributed by atoms with E-state index >= 15 is 0 Å². The Hall–Kier alpha value is -3.72. The van der Waals surface area contributed by atoms with Crippen LogP contribution in [0.4, 0.5) is 0 Å². The van der Waals surface area contributed by atoms with Crippen LogP contribution in [-0.4, -0.2) is 37.3 Å². The second-order valence-electron chi connectivity index (χ2n) is 7.57. The SMILES string of the molecule is CC(NC(=O)c1ccc2c(c1)C(=O)N(Cc1ccco1)C2=O)c1ccc(S(C)(=O)=O)cc1. The van der Waals surface area contributed by atoms with Crippen molar-refractivity contribution in [1.82, 2.24) is 10.2 Å². The number of fused-ring (bicyclic) bond motifs is 1. The molecule has 9 heteroatoms. The molecular formula is C23H20N2O6S. The molecule has 0 radical (unpaired) electrons. The molecule has 3 amide bonds. The molecular weight excluding hydrogens is 432 g/mol. The molecule has 32 heavy (non-hydrogen) atoms. The van der Waals surface area contributed by atoms with Crippen LogP contribution in [0.1, 0.15) is 55.4 Å². The second-order valence-corrected chi connectivity index (χ2v) is 9.59. The van der Waals surface area contributed by atoms with Gasteiger partial charge in [-0.15, -0.1) is 0 Å². The fraction of sp³-hybridized carbons (Fsp3) is 0.174. The summed E-state index contributed by atoms with van der Waals surface area (Å²) in [5, 5.41) is 2.82. The van der Waals surface area contributed by atoms with Gasteiger partial charge in [-0.1, -0.05) is 12.1 Å². The Kier molecular flexibility index (Phi) is 5.43. The maximum atomic E-state index is 12.7. The van der Waals surface area contributed by atoms with Crippen LogP contribution in [0.5, 0.6) is 0 Å². The van der Waals surface area contributed by atoms with E-state index in [1.165, 1.54) is 36.6 Å². The summed E-state index contributed by atoms with van der Waals surface area (Å²) in [6, 6.07) is 13.6. The second kappa shape index (κ2) is 8.08. The largest absolute Gasteiger partial charge is 0.467 e. The molecule has 0 spiro atoms. The number of carbonyl (C=O) groups is 3. The van der Waals surface area contributed by atoms with E-state index in [0.717, 1.165) is 16.7 Å². The van der Waals surface area contributed by atoms with Gasteiger partial charge in [0.05, 0.1) is 34.9 Å². The zero-order valence-corrected chi connectivity index (χ0v) is 18.2. The minimum Gasteiger partial charge on any atom is -0.467 e. The fourth-order valence-electron chi connectivity index (χ4n) is 3.50. The van der Waals surface area contributed by atoms with Gasteiger partial charge in [0, 0.05) is 11.8 Å². The van der Waals surface area contributed by atoms with E-state index in [1.54, 1.807) is 31.2 Å². The highest BCUT2D eigenvalue weighted by atomic mass is 32.2. The van der Waals surface area contributed by atoms with Gasteiger partial charge < -0.3 is 9.73 Å². The van der Waals surface area contributed by atoms with E-state index in [4.69, 9.17) is 4.42 Å². The highest BCUT2D eigenvalue weighted by Crippen LogP contribution is 2.26. The lowest BCUT2D eigenvalue weighted by molar-refractivity contribution is 0.0631.